The van der Waals surface area contributed by atoms with Gasteiger partial charge >= 0.3 is 0 Å². The number of rotatable bonds is 5. The second-order valence-corrected chi connectivity index (χ2v) is 6.01. The lowest BCUT2D eigenvalue weighted by atomic mass is 10.1. The molecule has 0 fully saturated rings. The molecule has 1 heterocycles. The van der Waals surface area contributed by atoms with Crippen LogP contribution in [0.25, 0.3) is 0 Å². The van der Waals surface area contributed by atoms with Crippen LogP contribution in [-0.2, 0) is 10.0 Å². The Balaban J connectivity index is 2.30. The van der Waals surface area contributed by atoms with Crippen molar-refractivity contribution < 1.29 is 18.0 Å². The van der Waals surface area contributed by atoms with Gasteiger partial charge in [0.1, 0.15) is 0 Å². The van der Waals surface area contributed by atoms with Gasteiger partial charge in [-0.3, -0.25) is 14.9 Å². The maximum Gasteiger partial charge on any atom is 0.258 e. The van der Waals surface area contributed by atoms with Crippen molar-refractivity contribution in [1.29, 1.82) is 0 Å². The fourth-order valence-corrected chi connectivity index (χ4v) is 2.88. The standard InChI is InChI=1S/C12H14N2O4S/c1-2-3-6-13-19(17,18)8-4-5-9-10(7-8)12(16)14-11(9)15/h4-5,7,13H,2-3,6H2,1H3,(H,14,15,16). The Morgan fingerprint density at radius 2 is 1.84 bits per heavy atom. The van der Waals surface area contributed by atoms with Crippen LogP contribution in [0.4, 0.5) is 0 Å². The molecule has 19 heavy (non-hydrogen) atoms. The van der Waals surface area contributed by atoms with E-state index in [4.69, 9.17) is 0 Å². The Bertz CT molecular complexity index is 637. The zero-order chi connectivity index (χ0) is 14.0. The van der Waals surface area contributed by atoms with Gasteiger partial charge in [0.05, 0.1) is 16.0 Å². The summed E-state index contributed by atoms with van der Waals surface area (Å²) in [5.74, 6) is -1.06. The van der Waals surface area contributed by atoms with Crippen molar-refractivity contribution in [3.63, 3.8) is 0 Å². The molecule has 0 aromatic heterocycles. The highest BCUT2D eigenvalue weighted by molar-refractivity contribution is 7.89. The van der Waals surface area contributed by atoms with E-state index in [0.717, 1.165) is 12.8 Å². The molecule has 102 valence electrons. The Kier molecular flexibility index (Phi) is 3.68. The summed E-state index contributed by atoms with van der Waals surface area (Å²) in [6.07, 6.45) is 1.62. The average molecular weight is 282 g/mol. The number of carbonyl (C=O) groups excluding carboxylic acids is 2. The first-order valence-electron chi connectivity index (χ1n) is 5.95. The van der Waals surface area contributed by atoms with E-state index >= 15 is 0 Å². The van der Waals surface area contributed by atoms with E-state index in [1.54, 1.807) is 0 Å². The molecule has 1 aliphatic rings. The molecular formula is C12H14N2O4S. The molecule has 1 aromatic carbocycles. The van der Waals surface area contributed by atoms with Gasteiger partial charge in [0, 0.05) is 6.54 Å². The number of amides is 2. The molecule has 0 unspecified atom stereocenters. The second kappa shape index (κ2) is 5.10. The highest BCUT2D eigenvalue weighted by Gasteiger charge is 2.28. The molecule has 0 saturated carbocycles. The van der Waals surface area contributed by atoms with Crippen molar-refractivity contribution in [3.8, 4) is 0 Å². The monoisotopic (exact) mass is 282 g/mol. The van der Waals surface area contributed by atoms with Crippen LogP contribution >= 0.6 is 0 Å². The minimum atomic E-state index is -3.64. The summed E-state index contributed by atoms with van der Waals surface area (Å²) < 4.78 is 26.4. The van der Waals surface area contributed by atoms with Gasteiger partial charge in [-0.2, -0.15) is 0 Å². The Labute approximate surface area is 111 Å². The van der Waals surface area contributed by atoms with Crippen LogP contribution in [-0.4, -0.2) is 26.8 Å². The van der Waals surface area contributed by atoms with Gasteiger partial charge in [-0.15, -0.1) is 0 Å². The highest BCUT2D eigenvalue weighted by Crippen LogP contribution is 2.20. The molecule has 0 atom stereocenters. The van der Waals surface area contributed by atoms with Crippen molar-refractivity contribution in [3.05, 3.63) is 29.3 Å². The molecule has 6 nitrogen and oxygen atoms in total. The van der Waals surface area contributed by atoms with E-state index in [-0.39, 0.29) is 16.0 Å². The summed E-state index contributed by atoms with van der Waals surface area (Å²) in [6.45, 7) is 2.31. The Hall–Kier alpha value is -1.73. The second-order valence-electron chi connectivity index (χ2n) is 4.24. The third kappa shape index (κ3) is 2.66. The van der Waals surface area contributed by atoms with Crippen molar-refractivity contribution in [2.75, 3.05) is 6.54 Å². The molecule has 0 aliphatic carbocycles. The van der Waals surface area contributed by atoms with Crippen molar-refractivity contribution in [2.45, 2.75) is 24.7 Å². The molecule has 0 radical (unpaired) electrons. The van der Waals surface area contributed by atoms with Crippen molar-refractivity contribution in [2.24, 2.45) is 0 Å². The summed E-state index contributed by atoms with van der Waals surface area (Å²) in [4.78, 5) is 22.8. The lowest BCUT2D eigenvalue weighted by molar-refractivity contribution is 0.0879. The number of carbonyl (C=O) groups is 2. The van der Waals surface area contributed by atoms with E-state index < -0.39 is 21.8 Å². The van der Waals surface area contributed by atoms with Crippen LogP contribution in [0, 0.1) is 0 Å². The van der Waals surface area contributed by atoms with Crippen LogP contribution in [0.5, 0.6) is 0 Å². The summed E-state index contributed by atoms with van der Waals surface area (Å²) in [7, 11) is -3.64. The zero-order valence-electron chi connectivity index (χ0n) is 10.4. The third-order valence-corrected chi connectivity index (χ3v) is 4.30. The number of unbranched alkanes of at least 4 members (excludes halogenated alkanes) is 1. The SMILES string of the molecule is CCCCNS(=O)(=O)c1ccc2c(c1)C(=O)NC2=O. The largest absolute Gasteiger partial charge is 0.288 e. The van der Waals surface area contributed by atoms with Gasteiger partial charge in [-0.1, -0.05) is 13.3 Å². The van der Waals surface area contributed by atoms with Crippen LogP contribution in [0.15, 0.2) is 23.1 Å². The maximum atomic E-state index is 12.0. The molecule has 2 amide bonds. The number of imide groups is 1. The highest BCUT2D eigenvalue weighted by atomic mass is 32.2. The Morgan fingerprint density at radius 3 is 2.53 bits per heavy atom. The average Bonchev–Trinajstić information content (AvgIpc) is 2.65. The van der Waals surface area contributed by atoms with Gasteiger partial charge < -0.3 is 0 Å². The number of fused-ring (bicyclic) bond motifs is 1. The van der Waals surface area contributed by atoms with Crippen molar-refractivity contribution in [1.82, 2.24) is 10.0 Å². The third-order valence-electron chi connectivity index (χ3n) is 2.84. The van der Waals surface area contributed by atoms with Crippen molar-refractivity contribution >= 4 is 21.8 Å². The number of sulfonamides is 1. The normalized spacial score (nSPS) is 14.4. The van der Waals surface area contributed by atoms with E-state index in [2.05, 4.69) is 10.0 Å². The molecule has 0 spiro atoms. The minimum Gasteiger partial charge on any atom is -0.288 e. The summed E-state index contributed by atoms with van der Waals surface area (Å²) >= 11 is 0. The minimum absolute atomic E-state index is 0.00722. The smallest absolute Gasteiger partial charge is 0.258 e. The molecule has 0 saturated heterocycles. The van der Waals surface area contributed by atoms with E-state index in [0.29, 0.717) is 6.54 Å². The van der Waals surface area contributed by atoms with Crippen LogP contribution in [0.2, 0.25) is 0 Å². The number of nitrogens with one attached hydrogen (secondary N) is 2. The predicted molar refractivity (Wildman–Crippen MR) is 68.3 cm³/mol. The van der Waals surface area contributed by atoms with Gasteiger partial charge in [0.25, 0.3) is 11.8 Å². The first-order chi connectivity index (χ1) is 8.95. The summed E-state index contributed by atoms with van der Waals surface area (Å²) in [5, 5.41) is 2.12. The van der Waals surface area contributed by atoms with Gasteiger partial charge in [0.15, 0.2) is 0 Å². The van der Waals surface area contributed by atoms with E-state index in [1.165, 1.54) is 18.2 Å². The number of hydrogen-bond acceptors (Lipinski definition) is 4. The lowest BCUT2D eigenvalue weighted by Gasteiger charge is -2.06. The number of hydrogen-bond donors (Lipinski definition) is 2. The molecule has 0 bridgehead atoms. The lowest BCUT2D eigenvalue weighted by Crippen LogP contribution is -2.25. The fourth-order valence-electron chi connectivity index (χ4n) is 1.78. The van der Waals surface area contributed by atoms with Crippen LogP contribution in [0.1, 0.15) is 40.5 Å². The molecule has 1 aliphatic heterocycles. The first kappa shape index (κ1) is 13.7. The van der Waals surface area contributed by atoms with Gasteiger partial charge in [-0.05, 0) is 24.6 Å². The quantitative estimate of drug-likeness (QED) is 0.612. The summed E-state index contributed by atoms with van der Waals surface area (Å²) in [5.41, 5.74) is 0.306. The van der Waals surface area contributed by atoms with E-state index in [1.807, 2.05) is 6.92 Å². The van der Waals surface area contributed by atoms with Crippen LogP contribution in [0.3, 0.4) is 0 Å². The van der Waals surface area contributed by atoms with Crippen LogP contribution < -0.4 is 10.0 Å². The maximum absolute atomic E-state index is 12.0. The Morgan fingerprint density at radius 1 is 1.16 bits per heavy atom. The molecule has 7 heteroatoms. The van der Waals surface area contributed by atoms with E-state index in [9.17, 15) is 18.0 Å². The number of benzene rings is 1. The topological polar surface area (TPSA) is 92.3 Å². The summed E-state index contributed by atoms with van der Waals surface area (Å²) in [6, 6.07) is 3.90. The fraction of sp³-hybridized carbons (Fsp3) is 0.333. The predicted octanol–water partition coefficient (Wildman–Crippen LogP) is 0.649. The molecule has 1 aromatic rings. The first-order valence-corrected chi connectivity index (χ1v) is 7.43. The van der Waals surface area contributed by atoms with Gasteiger partial charge in [-0.25, -0.2) is 13.1 Å². The van der Waals surface area contributed by atoms with Gasteiger partial charge in [0.2, 0.25) is 10.0 Å². The molecule has 2 N–H and O–H groups in total. The zero-order valence-corrected chi connectivity index (χ0v) is 11.2. The molecule has 2 rings (SSSR count). The molecular weight excluding hydrogens is 268 g/mol.